The highest BCUT2D eigenvalue weighted by Crippen LogP contribution is 2.23. The number of aromatic nitrogens is 2. The Bertz CT molecular complexity index is 951. The van der Waals surface area contributed by atoms with E-state index in [-0.39, 0.29) is 35.6 Å². The molecule has 0 radical (unpaired) electrons. The largest absolute Gasteiger partial charge is 0.595 e. The fourth-order valence-corrected chi connectivity index (χ4v) is 2.20. The Labute approximate surface area is 145 Å². The van der Waals surface area contributed by atoms with Gasteiger partial charge in [0.05, 0.1) is 7.11 Å². The van der Waals surface area contributed by atoms with Gasteiger partial charge in [-0.15, -0.1) is 0 Å². The topological polar surface area (TPSA) is 114 Å². The lowest BCUT2D eigenvalue weighted by Crippen LogP contribution is -2.99. The molecule has 1 atom stereocenters. The van der Waals surface area contributed by atoms with Gasteiger partial charge in [-0.05, 0) is 29.8 Å². The minimum absolute atomic E-state index is 0.00341. The van der Waals surface area contributed by atoms with Crippen LogP contribution in [0.1, 0.15) is 5.56 Å². The maximum Gasteiger partial charge on any atom is 0.444 e. The highest BCUT2D eigenvalue weighted by atomic mass is 19.1. The summed E-state index contributed by atoms with van der Waals surface area (Å²) in [7, 11) is 1.26. The van der Waals surface area contributed by atoms with E-state index in [0.29, 0.717) is 5.56 Å². The molecule has 10 heteroatoms. The predicted octanol–water partition coefficient (Wildman–Crippen LogP) is 0.956. The second-order valence-electron chi connectivity index (χ2n) is 5.15. The Morgan fingerprint density at radius 1 is 1.31 bits per heavy atom. The molecular weight excluding hydrogens is 349 g/mol. The first kappa shape index (κ1) is 17.6. The molecule has 0 aliphatic rings. The van der Waals surface area contributed by atoms with Gasteiger partial charge >= 0.3 is 11.8 Å². The van der Waals surface area contributed by atoms with Crippen LogP contribution in [-0.2, 0) is 6.61 Å². The maximum absolute atomic E-state index is 12.9. The van der Waals surface area contributed by atoms with Crippen molar-refractivity contribution in [2.45, 2.75) is 6.61 Å². The summed E-state index contributed by atoms with van der Waals surface area (Å²) in [6.45, 7) is 0.121. The van der Waals surface area contributed by atoms with E-state index in [1.807, 2.05) is 0 Å². The van der Waals surface area contributed by atoms with Crippen LogP contribution in [-0.4, -0.2) is 22.1 Å². The maximum atomic E-state index is 12.9. The van der Waals surface area contributed by atoms with E-state index in [0.717, 1.165) is 4.68 Å². The first-order valence-electron chi connectivity index (χ1n) is 7.37. The molecule has 2 aromatic carbocycles. The fraction of sp³-hybridized carbons (Fsp3) is 0.125. The molecule has 0 aliphatic carbocycles. The SMILES string of the molecule is COc1nn(-c2ccc(OCc3ccc(F)cc3)cc2[NH+]([O-])O)c(=O)o1. The molecule has 9 nitrogen and oxygen atoms in total. The summed E-state index contributed by atoms with van der Waals surface area (Å²) in [4.78, 5) is 11.8. The highest BCUT2D eigenvalue weighted by molar-refractivity contribution is 5.55. The summed E-state index contributed by atoms with van der Waals surface area (Å²) >= 11 is 0. The van der Waals surface area contributed by atoms with Crippen molar-refractivity contribution in [1.82, 2.24) is 9.78 Å². The Hall–Kier alpha value is -3.21. The molecule has 3 aromatic rings. The number of halogens is 1. The summed E-state index contributed by atoms with van der Waals surface area (Å²) in [5.41, 5.74) is 0.508. The fourth-order valence-electron chi connectivity index (χ4n) is 2.20. The van der Waals surface area contributed by atoms with Crippen LogP contribution in [0.4, 0.5) is 10.1 Å². The molecule has 0 spiro atoms. The Morgan fingerprint density at radius 3 is 2.65 bits per heavy atom. The van der Waals surface area contributed by atoms with E-state index < -0.39 is 11.0 Å². The molecular formula is C16H14FN3O6. The van der Waals surface area contributed by atoms with Gasteiger partial charge in [-0.2, -0.15) is 9.91 Å². The van der Waals surface area contributed by atoms with E-state index in [4.69, 9.17) is 13.9 Å². The zero-order chi connectivity index (χ0) is 18.7. The zero-order valence-electron chi connectivity index (χ0n) is 13.5. The van der Waals surface area contributed by atoms with Crippen LogP contribution in [0.3, 0.4) is 0 Å². The van der Waals surface area contributed by atoms with E-state index >= 15 is 0 Å². The van der Waals surface area contributed by atoms with Gasteiger partial charge in [0, 0.05) is 6.07 Å². The molecule has 1 unspecified atom stereocenters. The number of ether oxygens (including phenoxy) is 2. The van der Waals surface area contributed by atoms with Gasteiger partial charge in [-0.25, -0.2) is 14.4 Å². The lowest BCUT2D eigenvalue weighted by atomic mass is 10.2. The molecule has 1 heterocycles. The zero-order valence-corrected chi connectivity index (χ0v) is 13.5. The predicted molar refractivity (Wildman–Crippen MR) is 85.2 cm³/mol. The van der Waals surface area contributed by atoms with Crippen molar-refractivity contribution in [2.24, 2.45) is 0 Å². The standard InChI is InChI=1S/C16H14FN3O6/c1-24-15-18-19(16(21)26-15)13-7-6-12(8-14(13)20(22)23)25-9-10-2-4-11(17)5-3-10/h2-8,20,22H,9H2,1H3. The van der Waals surface area contributed by atoms with Crippen molar-refractivity contribution >= 4 is 5.69 Å². The van der Waals surface area contributed by atoms with Crippen molar-refractivity contribution in [3.8, 4) is 17.5 Å². The molecule has 0 fully saturated rings. The van der Waals surface area contributed by atoms with Crippen LogP contribution in [0.15, 0.2) is 51.7 Å². The molecule has 26 heavy (non-hydrogen) atoms. The smallest absolute Gasteiger partial charge is 0.444 e. The summed E-state index contributed by atoms with van der Waals surface area (Å²) in [5, 5.41) is 23.4. The van der Waals surface area contributed by atoms with Crippen molar-refractivity contribution in [1.29, 1.82) is 0 Å². The van der Waals surface area contributed by atoms with Gasteiger partial charge < -0.3 is 19.1 Å². The second-order valence-corrected chi connectivity index (χ2v) is 5.15. The van der Waals surface area contributed by atoms with E-state index in [1.165, 1.54) is 37.4 Å². The van der Waals surface area contributed by atoms with E-state index in [1.54, 1.807) is 12.1 Å². The third-order valence-corrected chi connectivity index (χ3v) is 3.45. The first-order chi connectivity index (χ1) is 12.5. The summed E-state index contributed by atoms with van der Waals surface area (Å²) in [6.07, 6.45) is -0.289. The average molecular weight is 363 g/mol. The van der Waals surface area contributed by atoms with Crippen molar-refractivity contribution in [2.75, 3.05) is 7.11 Å². The molecule has 1 aromatic heterocycles. The Morgan fingerprint density at radius 2 is 2.04 bits per heavy atom. The van der Waals surface area contributed by atoms with Gasteiger partial charge in [-0.3, -0.25) is 0 Å². The third kappa shape index (κ3) is 3.72. The molecule has 0 saturated heterocycles. The lowest BCUT2D eigenvalue weighted by Gasteiger charge is -2.16. The molecule has 136 valence electrons. The molecule has 0 amide bonds. The molecule has 0 aliphatic heterocycles. The molecule has 2 N–H and O–H groups in total. The van der Waals surface area contributed by atoms with Gasteiger partial charge in [0.2, 0.25) is 0 Å². The van der Waals surface area contributed by atoms with Crippen LogP contribution in [0.2, 0.25) is 0 Å². The number of quaternary nitrogens is 1. The highest BCUT2D eigenvalue weighted by Gasteiger charge is 2.18. The van der Waals surface area contributed by atoms with Crippen LogP contribution in [0, 0.1) is 11.0 Å². The molecule has 0 bridgehead atoms. The minimum atomic E-state index is -1.28. The number of nitrogens with one attached hydrogen (secondary N) is 1. The van der Waals surface area contributed by atoms with Crippen LogP contribution in [0.5, 0.6) is 11.8 Å². The van der Waals surface area contributed by atoms with E-state index in [2.05, 4.69) is 5.10 Å². The number of hydrogen-bond donors (Lipinski definition) is 2. The average Bonchev–Trinajstić information content (AvgIpc) is 3.02. The first-order valence-corrected chi connectivity index (χ1v) is 7.37. The van der Waals surface area contributed by atoms with Crippen LogP contribution >= 0.6 is 0 Å². The van der Waals surface area contributed by atoms with Gasteiger partial charge in [-0.1, -0.05) is 17.2 Å². The summed E-state index contributed by atoms with van der Waals surface area (Å²) in [6, 6.07) is 9.83. The minimum Gasteiger partial charge on any atom is -0.595 e. The number of rotatable bonds is 6. The second kappa shape index (κ2) is 7.35. The molecule has 0 saturated carbocycles. The Kier molecular flexibility index (Phi) is 4.98. The molecule has 3 rings (SSSR count). The van der Waals surface area contributed by atoms with Gasteiger partial charge in [0.1, 0.15) is 23.9 Å². The number of benzene rings is 2. The van der Waals surface area contributed by atoms with E-state index in [9.17, 15) is 19.6 Å². The lowest BCUT2D eigenvalue weighted by molar-refractivity contribution is -0.991. The van der Waals surface area contributed by atoms with Gasteiger partial charge in [0.15, 0.2) is 5.69 Å². The Balaban J connectivity index is 1.87. The number of methoxy groups -OCH3 is 1. The third-order valence-electron chi connectivity index (χ3n) is 3.45. The summed E-state index contributed by atoms with van der Waals surface area (Å²) in [5.74, 6) is -0.983. The van der Waals surface area contributed by atoms with Gasteiger partial charge in [0.25, 0.3) is 0 Å². The van der Waals surface area contributed by atoms with Crippen molar-refractivity contribution in [3.63, 3.8) is 0 Å². The quantitative estimate of drug-likeness (QED) is 0.627. The van der Waals surface area contributed by atoms with Crippen molar-refractivity contribution < 1.29 is 28.7 Å². The van der Waals surface area contributed by atoms with Crippen molar-refractivity contribution in [3.05, 3.63) is 69.6 Å². The number of nitrogens with zero attached hydrogens (tertiary/aromatic N) is 2. The number of hydrogen-bond acceptors (Lipinski definition) is 7. The normalized spacial score (nSPS) is 12.0. The summed E-state index contributed by atoms with van der Waals surface area (Å²) < 4.78 is 28.7. The monoisotopic (exact) mass is 363 g/mol. The van der Waals surface area contributed by atoms with Crippen LogP contribution in [0.25, 0.3) is 5.69 Å². The van der Waals surface area contributed by atoms with Crippen LogP contribution < -0.4 is 20.5 Å².